The van der Waals surface area contributed by atoms with Gasteiger partial charge >= 0.3 is 0 Å². The molecule has 134 valence electrons. The molecule has 7 nitrogen and oxygen atoms in total. The Hall–Kier alpha value is -1.12. The highest BCUT2D eigenvalue weighted by atomic mass is 32.2. The molecule has 3 rings (SSSR count). The van der Waals surface area contributed by atoms with Crippen molar-refractivity contribution in [2.45, 2.75) is 43.8 Å². The molecule has 8 heteroatoms. The lowest BCUT2D eigenvalue weighted by atomic mass is 9.79. The van der Waals surface area contributed by atoms with Crippen LogP contribution in [0.15, 0.2) is 5.16 Å². The Balaban J connectivity index is 1.49. The summed E-state index contributed by atoms with van der Waals surface area (Å²) >= 11 is 1.37. The molecule has 2 saturated heterocycles. The van der Waals surface area contributed by atoms with E-state index in [9.17, 15) is 4.79 Å². The van der Waals surface area contributed by atoms with Crippen molar-refractivity contribution in [1.29, 1.82) is 0 Å². The summed E-state index contributed by atoms with van der Waals surface area (Å²) in [5.74, 6) is 2.22. The minimum atomic E-state index is 0.0480. The number of carbonyl (C=O) groups is 1. The van der Waals surface area contributed by atoms with Gasteiger partial charge in [-0.1, -0.05) is 18.7 Å². The highest BCUT2D eigenvalue weighted by Gasteiger charge is 2.34. The summed E-state index contributed by atoms with van der Waals surface area (Å²) in [4.78, 5) is 16.6. The number of rotatable bonds is 6. The third-order valence-corrected chi connectivity index (χ3v) is 5.64. The first kappa shape index (κ1) is 17.7. The monoisotopic (exact) mass is 354 g/mol. The van der Waals surface area contributed by atoms with Gasteiger partial charge in [-0.15, -0.1) is 5.10 Å². The Morgan fingerprint density at radius 2 is 2.08 bits per heavy atom. The van der Waals surface area contributed by atoms with Crippen molar-refractivity contribution in [2.75, 3.05) is 32.2 Å². The molecule has 24 heavy (non-hydrogen) atoms. The molecule has 2 atom stereocenters. The topological polar surface area (TPSA) is 89.1 Å². The number of nitrogens with zero attached hydrogens (tertiary/aromatic N) is 2. The fraction of sp³-hybridized carbons (Fsp3) is 0.812. The number of aryl methyl sites for hydroxylation is 1. The summed E-state index contributed by atoms with van der Waals surface area (Å²) in [6.45, 7) is 5.12. The van der Waals surface area contributed by atoms with Gasteiger partial charge in [0.15, 0.2) is 0 Å². The summed E-state index contributed by atoms with van der Waals surface area (Å²) in [6, 6.07) is 0.202. The molecule has 0 bridgehead atoms. The summed E-state index contributed by atoms with van der Waals surface area (Å²) in [6.07, 6.45) is 3.83. The minimum absolute atomic E-state index is 0.0480. The molecule has 3 heterocycles. The zero-order chi connectivity index (χ0) is 16.8. The van der Waals surface area contributed by atoms with Crippen molar-refractivity contribution in [3.05, 3.63) is 5.82 Å². The summed E-state index contributed by atoms with van der Waals surface area (Å²) in [7, 11) is 0. The smallest absolute Gasteiger partial charge is 0.230 e. The lowest BCUT2D eigenvalue weighted by Crippen LogP contribution is -2.49. The fourth-order valence-corrected chi connectivity index (χ4v) is 4.06. The molecule has 0 aromatic carbocycles. The molecule has 0 spiro atoms. The Labute approximate surface area is 146 Å². The molecule has 2 N–H and O–H groups in total. The minimum Gasteiger partial charge on any atom is -0.381 e. The molecular weight excluding hydrogens is 328 g/mol. The van der Waals surface area contributed by atoms with Gasteiger partial charge in [-0.05, 0) is 25.2 Å². The number of ether oxygens (including phenoxy) is 2. The van der Waals surface area contributed by atoms with Crippen LogP contribution in [0.1, 0.15) is 32.0 Å². The van der Waals surface area contributed by atoms with E-state index >= 15 is 0 Å². The van der Waals surface area contributed by atoms with E-state index in [1.165, 1.54) is 11.8 Å². The average molecular weight is 354 g/mol. The first-order valence-electron chi connectivity index (χ1n) is 8.75. The molecule has 0 saturated carbocycles. The van der Waals surface area contributed by atoms with Gasteiger partial charge in [0.2, 0.25) is 11.1 Å². The largest absolute Gasteiger partial charge is 0.381 e. The van der Waals surface area contributed by atoms with Crippen molar-refractivity contribution in [2.24, 2.45) is 11.8 Å². The van der Waals surface area contributed by atoms with Gasteiger partial charge in [0.1, 0.15) is 5.82 Å². The number of aromatic amines is 1. The van der Waals surface area contributed by atoms with Crippen LogP contribution in [0.3, 0.4) is 0 Å². The third-order valence-electron chi connectivity index (χ3n) is 4.80. The predicted octanol–water partition coefficient (Wildman–Crippen LogP) is 1.41. The van der Waals surface area contributed by atoms with E-state index in [1.807, 2.05) is 6.92 Å². The number of amides is 1. The van der Waals surface area contributed by atoms with E-state index in [2.05, 4.69) is 20.5 Å². The van der Waals surface area contributed by atoms with E-state index in [0.717, 1.165) is 57.9 Å². The van der Waals surface area contributed by atoms with Gasteiger partial charge in [-0.25, -0.2) is 4.98 Å². The van der Waals surface area contributed by atoms with E-state index < -0.39 is 0 Å². The van der Waals surface area contributed by atoms with Crippen LogP contribution < -0.4 is 5.32 Å². The van der Waals surface area contributed by atoms with Crippen LogP contribution >= 0.6 is 11.8 Å². The zero-order valence-corrected chi connectivity index (χ0v) is 14.9. The third kappa shape index (κ3) is 4.70. The maximum atomic E-state index is 12.3. The molecule has 2 aliphatic heterocycles. The Bertz CT molecular complexity index is 533. The van der Waals surface area contributed by atoms with Crippen LogP contribution in [0.2, 0.25) is 0 Å². The van der Waals surface area contributed by atoms with Crippen LogP contribution in [-0.4, -0.2) is 59.3 Å². The standard InChI is InChI=1S/C16H26N4O3S/c1-2-14-18-16(20-19-14)24-10-15(21)17-13-5-8-23-9-12(13)11-3-6-22-7-4-11/h11-13H,2-10H2,1H3,(H,17,21)(H,18,19,20)/t12-,13-/m0/s1. The van der Waals surface area contributed by atoms with Crippen molar-refractivity contribution in [3.63, 3.8) is 0 Å². The normalized spacial score (nSPS) is 25.5. The van der Waals surface area contributed by atoms with Crippen LogP contribution in [0.25, 0.3) is 0 Å². The highest BCUT2D eigenvalue weighted by Crippen LogP contribution is 2.30. The van der Waals surface area contributed by atoms with Crippen molar-refractivity contribution >= 4 is 17.7 Å². The second kappa shape index (κ2) is 8.82. The molecule has 2 aliphatic rings. The van der Waals surface area contributed by atoms with Gasteiger partial charge in [-0.2, -0.15) is 0 Å². The number of aromatic nitrogens is 3. The number of hydrogen-bond acceptors (Lipinski definition) is 6. The Morgan fingerprint density at radius 3 is 2.83 bits per heavy atom. The number of H-pyrrole nitrogens is 1. The number of hydrogen-bond donors (Lipinski definition) is 2. The van der Waals surface area contributed by atoms with Crippen LogP contribution in [0.4, 0.5) is 0 Å². The molecule has 1 aromatic rings. The first-order valence-corrected chi connectivity index (χ1v) is 9.73. The summed E-state index contributed by atoms with van der Waals surface area (Å²) < 4.78 is 11.1. The van der Waals surface area contributed by atoms with Gasteiger partial charge in [0, 0.05) is 38.2 Å². The van der Waals surface area contributed by atoms with E-state index in [0.29, 0.717) is 22.7 Å². The second-order valence-electron chi connectivity index (χ2n) is 6.36. The van der Waals surface area contributed by atoms with Crippen LogP contribution in [0, 0.1) is 11.8 Å². The highest BCUT2D eigenvalue weighted by molar-refractivity contribution is 7.99. The number of thioether (sulfide) groups is 1. The van der Waals surface area contributed by atoms with Crippen molar-refractivity contribution in [3.8, 4) is 0 Å². The van der Waals surface area contributed by atoms with Crippen molar-refractivity contribution in [1.82, 2.24) is 20.5 Å². The van der Waals surface area contributed by atoms with E-state index in [1.54, 1.807) is 0 Å². The van der Waals surface area contributed by atoms with E-state index in [-0.39, 0.29) is 11.9 Å². The van der Waals surface area contributed by atoms with Gasteiger partial charge in [0.05, 0.1) is 12.4 Å². The maximum absolute atomic E-state index is 12.3. The molecule has 2 fully saturated rings. The van der Waals surface area contributed by atoms with Gasteiger partial charge < -0.3 is 14.8 Å². The van der Waals surface area contributed by atoms with Gasteiger partial charge in [0.25, 0.3) is 0 Å². The molecular formula is C16H26N4O3S. The first-order chi connectivity index (χ1) is 11.8. The average Bonchev–Trinajstić information content (AvgIpc) is 3.09. The molecule has 0 unspecified atom stereocenters. The Kier molecular flexibility index (Phi) is 6.51. The maximum Gasteiger partial charge on any atom is 0.230 e. The van der Waals surface area contributed by atoms with Crippen LogP contribution in [-0.2, 0) is 20.7 Å². The lowest BCUT2D eigenvalue weighted by molar-refractivity contribution is -0.121. The predicted molar refractivity (Wildman–Crippen MR) is 90.9 cm³/mol. The number of carbonyl (C=O) groups excluding carboxylic acids is 1. The lowest BCUT2D eigenvalue weighted by Gasteiger charge is -2.39. The SMILES string of the molecule is CCc1nc(SCC(=O)N[C@H]2CCOC[C@H]2C2CCOCC2)n[nH]1. The van der Waals surface area contributed by atoms with E-state index in [4.69, 9.17) is 9.47 Å². The zero-order valence-electron chi connectivity index (χ0n) is 14.1. The Morgan fingerprint density at radius 1 is 1.29 bits per heavy atom. The fourth-order valence-electron chi connectivity index (χ4n) is 3.43. The second-order valence-corrected chi connectivity index (χ2v) is 7.30. The molecule has 1 amide bonds. The molecule has 1 aromatic heterocycles. The summed E-state index contributed by atoms with van der Waals surface area (Å²) in [5.41, 5.74) is 0. The quantitative estimate of drug-likeness (QED) is 0.751. The molecule has 0 aliphatic carbocycles. The van der Waals surface area contributed by atoms with Crippen molar-refractivity contribution < 1.29 is 14.3 Å². The number of nitrogens with one attached hydrogen (secondary N) is 2. The summed E-state index contributed by atoms with van der Waals surface area (Å²) in [5, 5.41) is 10.8. The molecule has 0 radical (unpaired) electrons. The van der Waals surface area contributed by atoms with Crippen LogP contribution in [0.5, 0.6) is 0 Å². The van der Waals surface area contributed by atoms with Gasteiger partial charge in [-0.3, -0.25) is 9.89 Å².